The maximum absolute atomic E-state index is 15.4. The van der Waals surface area contributed by atoms with Crippen LogP contribution in [-0.4, -0.2) is 47.7 Å². The van der Waals surface area contributed by atoms with Crippen molar-refractivity contribution in [3.8, 4) is 17.6 Å². The van der Waals surface area contributed by atoms with E-state index >= 15 is 4.39 Å². The Hall–Kier alpha value is -3.57. The highest BCUT2D eigenvalue weighted by atomic mass is 19.2. The van der Waals surface area contributed by atoms with E-state index in [9.17, 15) is 18.7 Å². The molecule has 5 nitrogen and oxygen atoms in total. The van der Waals surface area contributed by atoms with Gasteiger partial charge >= 0.3 is 5.97 Å². The van der Waals surface area contributed by atoms with Crippen LogP contribution in [-0.2, 0) is 4.79 Å². The van der Waals surface area contributed by atoms with Crippen LogP contribution in [0.1, 0.15) is 43.0 Å². The molecule has 8 heteroatoms. The molecule has 0 spiro atoms. The van der Waals surface area contributed by atoms with E-state index < -0.39 is 23.8 Å². The highest BCUT2D eigenvalue weighted by molar-refractivity contribution is 5.83. The molecule has 1 saturated heterocycles. The summed E-state index contributed by atoms with van der Waals surface area (Å²) >= 11 is 0. The van der Waals surface area contributed by atoms with E-state index in [1.807, 2.05) is 0 Å². The van der Waals surface area contributed by atoms with Crippen LogP contribution in [0, 0.1) is 35.3 Å². The number of hydrogen-bond donors (Lipinski definition) is 1. The van der Waals surface area contributed by atoms with Crippen LogP contribution in [0.3, 0.4) is 0 Å². The lowest BCUT2D eigenvalue weighted by molar-refractivity contribution is -0.139. The molecule has 0 radical (unpaired) electrons. The van der Waals surface area contributed by atoms with Crippen molar-refractivity contribution in [1.29, 1.82) is 0 Å². The second kappa shape index (κ2) is 12.1. The second-order valence-electron chi connectivity index (χ2n) is 9.40. The van der Waals surface area contributed by atoms with Gasteiger partial charge in [-0.3, -0.25) is 14.7 Å². The number of alkyl halides is 1. The molecule has 1 aromatic heterocycles. The Morgan fingerprint density at radius 2 is 2.03 bits per heavy atom. The number of nitrogens with zero attached hydrogens (tertiary/aromatic N) is 2. The Balaban J connectivity index is 1.39. The Bertz CT molecular complexity index is 1320. The van der Waals surface area contributed by atoms with Gasteiger partial charge in [0, 0.05) is 30.1 Å². The molecule has 37 heavy (non-hydrogen) atoms. The topological polar surface area (TPSA) is 62.7 Å². The van der Waals surface area contributed by atoms with E-state index in [0.717, 1.165) is 18.6 Å². The zero-order valence-electron chi connectivity index (χ0n) is 20.6. The van der Waals surface area contributed by atoms with Gasteiger partial charge in [-0.15, -0.1) is 0 Å². The fourth-order valence-corrected chi connectivity index (χ4v) is 5.03. The number of carbonyl (C=O) groups is 1. The van der Waals surface area contributed by atoms with Crippen LogP contribution in [0.5, 0.6) is 5.75 Å². The Labute approximate surface area is 214 Å². The molecule has 4 rings (SSSR count). The summed E-state index contributed by atoms with van der Waals surface area (Å²) in [5.41, 5.74) is 1.64. The first-order chi connectivity index (χ1) is 17.8. The van der Waals surface area contributed by atoms with Gasteiger partial charge in [0.2, 0.25) is 0 Å². The van der Waals surface area contributed by atoms with Gasteiger partial charge in [0.05, 0.1) is 19.2 Å². The number of aromatic nitrogens is 1. The molecule has 194 valence electrons. The van der Waals surface area contributed by atoms with Crippen LogP contribution >= 0.6 is 0 Å². The molecule has 0 aliphatic carbocycles. The Kier molecular flexibility index (Phi) is 8.67. The van der Waals surface area contributed by atoms with Gasteiger partial charge < -0.3 is 9.84 Å². The van der Waals surface area contributed by atoms with Gasteiger partial charge in [-0.1, -0.05) is 11.8 Å². The molecule has 1 N–H and O–H groups in total. The van der Waals surface area contributed by atoms with Gasteiger partial charge in [0.15, 0.2) is 11.6 Å². The highest BCUT2D eigenvalue weighted by Gasteiger charge is 2.31. The summed E-state index contributed by atoms with van der Waals surface area (Å²) in [4.78, 5) is 17.9. The summed E-state index contributed by atoms with van der Waals surface area (Å²) in [6.07, 6.45) is 1.99. The number of piperidine rings is 1. The molecule has 2 heterocycles. The number of aliphatic carboxylic acids is 1. The summed E-state index contributed by atoms with van der Waals surface area (Å²) < 4.78 is 47.2. The molecule has 1 aliphatic heterocycles. The number of methoxy groups -OCH3 is 1. The standard InChI is InChI=1S/C29H29F3N2O3/c1-37-22-6-9-28-24(17-22)23(10-12-33-28)25(30)8-5-20-11-14-34(18-21(20)16-29(35)36)13-2-3-19-4-7-26(31)27(32)15-19/h4,6-7,9-10,12,15,17,20-21,25H,5,8,11,13-14,16,18H2,1H3,(H,35,36)/t20-,21+,25-/m1/s1. The summed E-state index contributed by atoms with van der Waals surface area (Å²) in [6.45, 7) is 1.63. The zero-order valence-corrected chi connectivity index (χ0v) is 20.6. The molecule has 3 atom stereocenters. The quantitative estimate of drug-likeness (QED) is 0.390. The largest absolute Gasteiger partial charge is 0.497 e. The third-order valence-electron chi connectivity index (χ3n) is 6.98. The highest BCUT2D eigenvalue weighted by Crippen LogP contribution is 2.36. The molecular weight excluding hydrogens is 481 g/mol. The number of ether oxygens (including phenoxy) is 1. The van der Waals surface area contributed by atoms with Gasteiger partial charge in [0.25, 0.3) is 0 Å². The number of carboxylic acid groups (broad SMARTS) is 1. The minimum atomic E-state index is -1.21. The van der Waals surface area contributed by atoms with Crippen molar-refractivity contribution in [2.45, 2.75) is 31.9 Å². The number of halogens is 3. The van der Waals surface area contributed by atoms with Gasteiger partial charge in [-0.25, -0.2) is 13.2 Å². The zero-order chi connectivity index (χ0) is 26.4. The van der Waals surface area contributed by atoms with Crippen molar-refractivity contribution in [3.05, 3.63) is 71.4 Å². The fraction of sp³-hybridized carbons (Fsp3) is 0.379. The van der Waals surface area contributed by atoms with E-state index in [-0.39, 0.29) is 24.7 Å². The van der Waals surface area contributed by atoms with Gasteiger partial charge in [-0.2, -0.15) is 0 Å². The van der Waals surface area contributed by atoms with E-state index in [4.69, 9.17) is 4.74 Å². The summed E-state index contributed by atoms with van der Waals surface area (Å²) in [6, 6.07) is 10.6. The van der Waals surface area contributed by atoms with Gasteiger partial charge in [0.1, 0.15) is 11.9 Å². The van der Waals surface area contributed by atoms with E-state index in [0.29, 0.717) is 53.8 Å². The second-order valence-corrected chi connectivity index (χ2v) is 9.40. The van der Waals surface area contributed by atoms with Crippen molar-refractivity contribution < 1.29 is 27.8 Å². The van der Waals surface area contributed by atoms with E-state index in [2.05, 4.69) is 21.7 Å². The number of benzene rings is 2. The molecular formula is C29H29F3N2O3. The Morgan fingerprint density at radius 1 is 1.19 bits per heavy atom. The van der Waals surface area contributed by atoms with E-state index in [1.165, 1.54) is 6.07 Å². The van der Waals surface area contributed by atoms with Crippen LogP contribution in [0.4, 0.5) is 13.2 Å². The maximum atomic E-state index is 15.4. The lowest BCUT2D eigenvalue weighted by Gasteiger charge is -2.37. The average Bonchev–Trinajstić information content (AvgIpc) is 2.89. The first kappa shape index (κ1) is 26.5. The minimum Gasteiger partial charge on any atom is -0.497 e. The normalized spacial score (nSPS) is 18.7. The monoisotopic (exact) mass is 510 g/mol. The SMILES string of the molecule is COc1ccc2nccc([C@H](F)CC[C@@H]3CCN(CC#Cc4ccc(F)c(F)c4)C[C@@H]3CC(=O)O)c2c1. The minimum absolute atomic E-state index is 0.00407. The predicted molar refractivity (Wildman–Crippen MR) is 135 cm³/mol. The molecule has 3 aromatic rings. The van der Waals surface area contributed by atoms with Crippen LogP contribution in [0.15, 0.2) is 48.7 Å². The molecule has 0 bridgehead atoms. The number of hydrogen-bond acceptors (Lipinski definition) is 4. The number of fused-ring (bicyclic) bond motifs is 1. The molecule has 0 amide bonds. The van der Waals surface area contributed by atoms with Gasteiger partial charge in [-0.05, 0) is 85.7 Å². The van der Waals surface area contributed by atoms with Crippen LogP contribution < -0.4 is 4.74 Å². The van der Waals surface area contributed by atoms with Crippen molar-refractivity contribution in [2.75, 3.05) is 26.7 Å². The fourth-order valence-electron chi connectivity index (χ4n) is 5.03. The molecule has 2 aromatic carbocycles. The van der Waals surface area contributed by atoms with Crippen molar-refractivity contribution >= 4 is 16.9 Å². The predicted octanol–water partition coefficient (Wildman–Crippen LogP) is 5.78. The first-order valence-electron chi connectivity index (χ1n) is 12.3. The lowest BCUT2D eigenvalue weighted by Crippen LogP contribution is -2.41. The first-order valence-corrected chi connectivity index (χ1v) is 12.3. The summed E-state index contributed by atoms with van der Waals surface area (Å²) in [5.74, 6) is 3.64. The molecule has 1 fully saturated rings. The number of rotatable bonds is 8. The summed E-state index contributed by atoms with van der Waals surface area (Å²) in [7, 11) is 1.56. The lowest BCUT2D eigenvalue weighted by atomic mass is 9.79. The third kappa shape index (κ3) is 6.80. The van der Waals surface area contributed by atoms with Crippen LogP contribution in [0.2, 0.25) is 0 Å². The van der Waals surface area contributed by atoms with Crippen molar-refractivity contribution in [1.82, 2.24) is 9.88 Å². The van der Waals surface area contributed by atoms with Crippen molar-refractivity contribution in [2.24, 2.45) is 11.8 Å². The van der Waals surface area contributed by atoms with Crippen molar-refractivity contribution in [3.63, 3.8) is 0 Å². The number of carboxylic acids is 1. The molecule has 1 aliphatic rings. The van der Waals surface area contributed by atoms with Crippen LogP contribution in [0.25, 0.3) is 10.9 Å². The van der Waals surface area contributed by atoms with E-state index in [1.54, 1.807) is 37.6 Å². The maximum Gasteiger partial charge on any atom is 0.303 e. The summed E-state index contributed by atoms with van der Waals surface area (Å²) in [5, 5.41) is 10.2. The average molecular weight is 511 g/mol. The molecule has 0 unspecified atom stereocenters. The Morgan fingerprint density at radius 3 is 2.78 bits per heavy atom. The number of likely N-dealkylation sites (tertiary alicyclic amines) is 1. The smallest absolute Gasteiger partial charge is 0.303 e. The third-order valence-corrected chi connectivity index (χ3v) is 6.98. The number of pyridine rings is 1. The molecule has 0 saturated carbocycles.